The minimum atomic E-state index is -0.133. The van der Waals surface area contributed by atoms with E-state index in [1.165, 1.54) is 18.5 Å². The molecule has 98 valence electrons. The summed E-state index contributed by atoms with van der Waals surface area (Å²) in [5.41, 5.74) is 2.13. The number of hydrogen-bond donors (Lipinski definition) is 0. The van der Waals surface area contributed by atoms with E-state index in [1.807, 2.05) is 13.8 Å². The van der Waals surface area contributed by atoms with Gasteiger partial charge in [-0.05, 0) is 52.6 Å². The zero-order valence-corrected chi connectivity index (χ0v) is 11.4. The van der Waals surface area contributed by atoms with E-state index in [-0.39, 0.29) is 5.97 Å². The summed E-state index contributed by atoms with van der Waals surface area (Å²) in [7, 11) is 0. The lowest BCUT2D eigenvalue weighted by atomic mass is 10.0. The Kier molecular flexibility index (Phi) is 6.27. The van der Waals surface area contributed by atoms with E-state index >= 15 is 0 Å². The Morgan fingerprint density at radius 2 is 2.06 bits per heavy atom. The lowest BCUT2D eigenvalue weighted by Crippen LogP contribution is -2.25. The van der Waals surface area contributed by atoms with Crippen molar-refractivity contribution in [3.63, 3.8) is 0 Å². The third kappa shape index (κ3) is 4.50. The van der Waals surface area contributed by atoms with Gasteiger partial charge in [0.25, 0.3) is 0 Å². The van der Waals surface area contributed by atoms with Crippen LogP contribution < -0.4 is 0 Å². The molecule has 17 heavy (non-hydrogen) atoms. The third-order valence-electron chi connectivity index (χ3n) is 3.33. The first-order valence-electron chi connectivity index (χ1n) is 6.77. The molecular weight excluding hydrogens is 214 g/mol. The molecule has 0 radical (unpaired) electrons. The molecule has 0 amide bonds. The second-order valence-corrected chi connectivity index (χ2v) is 4.64. The molecule has 0 saturated carbocycles. The normalized spacial score (nSPS) is 20.9. The molecule has 1 saturated heterocycles. The van der Waals surface area contributed by atoms with Gasteiger partial charge in [0, 0.05) is 12.1 Å². The molecule has 0 unspecified atom stereocenters. The van der Waals surface area contributed by atoms with Gasteiger partial charge in [-0.2, -0.15) is 0 Å². The summed E-state index contributed by atoms with van der Waals surface area (Å²) in [6.45, 7) is 9.85. The SMILES string of the molecule is CCCN1CCCC(=C(C)C(=O)OCC)CC1. The molecule has 0 aromatic rings. The number of carbonyl (C=O) groups excluding carboxylic acids is 1. The molecule has 1 fully saturated rings. The second kappa shape index (κ2) is 7.49. The Morgan fingerprint density at radius 3 is 2.71 bits per heavy atom. The molecule has 0 atom stereocenters. The number of ether oxygens (including phenoxy) is 1. The van der Waals surface area contributed by atoms with Gasteiger partial charge in [0.05, 0.1) is 6.61 Å². The van der Waals surface area contributed by atoms with Crippen LogP contribution in [-0.2, 0) is 9.53 Å². The number of nitrogens with zero attached hydrogens (tertiary/aromatic N) is 1. The molecule has 3 nitrogen and oxygen atoms in total. The zero-order valence-electron chi connectivity index (χ0n) is 11.4. The predicted octanol–water partition coefficient (Wildman–Crippen LogP) is 2.76. The summed E-state index contributed by atoms with van der Waals surface area (Å²) in [4.78, 5) is 14.2. The van der Waals surface area contributed by atoms with E-state index in [9.17, 15) is 4.79 Å². The molecule has 0 aromatic carbocycles. The molecule has 0 N–H and O–H groups in total. The quantitative estimate of drug-likeness (QED) is 0.558. The molecule has 0 aliphatic carbocycles. The van der Waals surface area contributed by atoms with Crippen molar-refractivity contribution < 1.29 is 9.53 Å². The van der Waals surface area contributed by atoms with Gasteiger partial charge < -0.3 is 9.64 Å². The standard InChI is InChI=1S/C14H25NO2/c1-4-9-15-10-6-7-13(8-11-15)12(3)14(16)17-5-2/h4-11H2,1-3H3. The lowest BCUT2D eigenvalue weighted by molar-refractivity contribution is -0.138. The zero-order chi connectivity index (χ0) is 12.7. The first-order valence-corrected chi connectivity index (χ1v) is 6.77. The van der Waals surface area contributed by atoms with Crippen LogP contribution in [0, 0.1) is 0 Å². The van der Waals surface area contributed by atoms with E-state index < -0.39 is 0 Å². The fourth-order valence-corrected chi connectivity index (χ4v) is 2.34. The molecular formula is C14H25NO2. The van der Waals surface area contributed by atoms with Crippen molar-refractivity contribution in [1.82, 2.24) is 4.90 Å². The van der Waals surface area contributed by atoms with Gasteiger partial charge in [0.1, 0.15) is 0 Å². The summed E-state index contributed by atoms with van der Waals surface area (Å²) in [6, 6.07) is 0. The first-order chi connectivity index (χ1) is 8.19. The Labute approximate surface area is 105 Å². The van der Waals surface area contributed by atoms with Crippen LogP contribution in [0.3, 0.4) is 0 Å². The number of likely N-dealkylation sites (tertiary alicyclic amines) is 1. The van der Waals surface area contributed by atoms with Gasteiger partial charge in [-0.1, -0.05) is 12.5 Å². The van der Waals surface area contributed by atoms with Gasteiger partial charge in [-0.3, -0.25) is 0 Å². The average molecular weight is 239 g/mol. The van der Waals surface area contributed by atoms with Gasteiger partial charge in [0.2, 0.25) is 0 Å². The summed E-state index contributed by atoms with van der Waals surface area (Å²) < 4.78 is 5.06. The highest BCUT2D eigenvalue weighted by molar-refractivity contribution is 5.88. The number of esters is 1. The highest BCUT2D eigenvalue weighted by Gasteiger charge is 2.16. The largest absolute Gasteiger partial charge is 0.463 e. The molecule has 1 aliphatic rings. The van der Waals surface area contributed by atoms with Crippen LogP contribution in [0.2, 0.25) is 0 Å². The van der Waals surface area contributed by atoms with Crippen molar-refractivity contribution in [2.45, 2.75) is 46.5 Å². The molecule has 1 rings (SSSR count). The highest BCUT2D eigenvalue weighted by Crippen LogP contribution is 2.21. The Hall–Kier alpha value is -0.830. The summed E-state index contributed by atoms with van der Waals surface area (Å²) in [5.74, 6) is -0.133. The van der Waals surface area contributed by atoms with Crippen LogP contribution in [-0.4, -0.2) is 37.1 Å². The maximum absolute atomic E-state index is 11.7. The maximum atomic E-state index is 11.7. The molecule has 0 bridgehead atoms. The average Bonchev–Trinajstić information content (AvgIpc) is 2.54. The van der Waals surface area contributed by atoms with Crippen molar-refractivity contribution in [3.05, 3.63) is 11.1 Å². The minimum Gasteiger partial charge on any atom is -0.463 e. The van der Waals surface area contributed by atoms with E-state index in [4.69, 9.17) is 4.74 Å². The lowest BCUT2D eigenvalue weighted by Gasteiger charge is -2.18. The van der Waals surface area contributed by atoms with Crippen LogP contribution in [0.4, 0.5) is 0 Å². The van der Waals surface area contributed by atoms with Crippen LogP contribution in [0.5, 0.6) is 0 Å². The van der Waals surface area contributed by atoms with E-state index in [0.29, 0.717) is 6.61 Å². The van der Waals surface area contributed by atoms with Crippen LogP contribution in [0.15, 0.2) is 11.1 Å². The predicted molar refractivity (Wildman–Crippen MR) is 69.9 cm³/mol. The Balaban J connectivity index is 2.60. The van der Waals surface area contributed by atoms with Gasteiger partial charge in [-0.15, -0.1) is 0 Å². The van der Waals surface area contributed by atoms with Gasteiger partial charge in [-0.25, -0.2) is 4.79 Å². The molecule has 1 aliphatic heterocycles. The smallest absolute Gasteiger partial charge is 0.333 e. The molecule has 0 spiro atoms. The van der Waals surface area contributed by atoms with Crippen molar-refractivity contribution in [2.75, 3.05) is 26.2 Å². The van der Waals surface area contributed by atoms with Crippen LogP contribution >= 0.6 is 0 Å². The van der Waals surface area contributed by atoms with Crippen molar-refractivity contribution in [2.24, 2.45) is 0 Å². The van der Waals surface area contributed by atoms with E-state index in [0.717, 1.165) is 37.9 Å². The van der Waals surface area contributed by atoms with Gasteiger partial charge in [0.15, 0.2) is 0 Å². The van der Waals surface area contributed by atoms with E-state index in [2.05, 4.69) is 11.8 Å². The summed E-state index contributed by atoms with van der Waals surface area (Å²) in [5, 5.41) is 0. The molecule has 0 aromatic heterocycles. The number of hydrogen-bond acceptors (Lipinski definition) is 3. The van der Waals surface area contributed by atoms with Crippen molar-refractivity contribution in [1.29, 1.82) is 0 Å². The fourth-order valence-electron chi connectivity index (χ4n) is 2.34. The maximum Gasteiger partial charge on any atom is 0.333 e. The topological polar surface area (TPSA) is 29.5 Å². The second-order valence-electron chi connectivity index (χ2n) is 4.64. The first kappa shape index (κ1) is 14.2. The summed E-state index contributed by atoms with van der Waals surface area (Å²) in [6.07, 6.45) is 4.43. The Morgan fingerprint density at radius 1 is 1.29 bits per heavy atom. The molecule has 1 heterocycles. The van der Waals surface area contributed by atoms with Crippen LogP contribution in [0.1, 0.15) is 46.5 Å². The fraction of sp³-hybridized carbons (Fsp3) is 0.786. The third-order valence-corrected chi connectivity index (χ3v) is 3.33. The minimum absolute atomic E-state index is 0.133. The van der Waals surface area contributed by atoms with Crippen molar-refractivity contribution >= 4 is 5.97 Å². The van der Waals surface area contributed by atoms with E-state index in [1.54, 1.807) is 0 Å². The van der Waals surface area contributed by atoms with Crippen molar-refractivity contribution in [3.8, 4) is 0 Å². The number of rotatable bonds is 4. The Bertz CT molecular complexity index is 284. The summed E-state index contributed by atoms with van der Waals surface area (Å²) >= 11 is 0. The highest BCUT2D eigenvalue weighted by atomic mass is 16.5. The van der Waals surface area contributed by atoms with Crippen LogP contribution in [0.25, 0.3) is 0 Å². The molecule has 3 heteroatoms. The number of carbonyl (C=O) groups is 1. The monoisotopic (exact) mass is 239 g/mol. The van der Waals surface area contributed by atoms with Gasteiger partial charge >= 0.3 is 5.97 Å².